The van der Waals surface area contributed by atoms with E-state index in [1.807, 2.05) is 0 Å². The fraction of sp³-hybridized carbons (Fsp3) is 0.438. The minimum absolute atomic E-state index is 0.0440. The molecule has 0 heterocycles. The van der Waals surface area contributed by atoms with Crippen molar-refractivity contribution in [2.45, 2.75) is 37.8 Å². The molecule has 24 heavy (non-hydrogen) atoms. The van der Waals surface area contributed by atoms with E-state index in [1.165, 1.54) is 26.2 Å². The number of hydrogen-bond acceptors (Lipinski definition) is 6. The second-order valence-corrected chi connectivity index (χ2v) is 5.70. The first-order valence-corrected chi connectivity index (χ1v) is 7.33. The molecule has 1 aromatic carbocycles. The molecule has 0 bridgehead atoms. The third-order valence-corrected chi connectivity index (χ3v) is 3.54. The molecule has 0 aliphatic rings. The van der Waals surface area contributed by atoms with Gasteiger partial charge in [-0.3, -0.25) is 9.59 Å². The van der Waals surface area contributed by atoms with Crippen LogP contribution in [0.4, 0.5) is 0 Å². The van der Waals surface area contributed by atoms with Gasteiger partial charge in [-0.05, 0) is 31.0 Å². The van der Waals surface area contributed by atoms with Crippen molar-refractivity contribution < 1.29 is 29.3 Å². The standard InChI is InChI=1S/C16H22N2O6/c1-16(15(23)24-2,9-10-3-5-11(19)6-4-10)18-13(20)8-7-12(17)14(21)22/h3-6,12,19H,7-9,17H2,1-2H3,(H,18,20)(H,21,22)/t12?,16-/m1/s1. The van der Waals surface area contributed by atoms with Gasteiger partial charge in [-0.15, -0.1) is 0 Å². The Morgan fingerprint density at radius 3 is 2.38 bits per heavy atom. The molecule has 0 aliphatic carbocycles. The predicted octanol–water partition coefficient (Wildman–Crippen LogP) is 0.175. The molecule has 0 saturated heterocycles. The van der Waals surface area contributed by atoms with E-state index in [0.717, 1.165) is 0 Å². The van der Waals surface area contributed by atoms with Gasteiger partial charge in [-0.1, -0.05) is 12.1 Å². The number of benzene rings is 1. The van der Waals surface area contributed by atoms with Gasteiger partial charge in [0.25, 0.3) is 0 Å². The van der Waals surface area contributed by atoms with Crippen LogP contribution >= 0.6 is 0 Å². The molecule has 5 N–H and O–H groups in total. The van der Waals surface area contributed by atoms with Gasteiger partial charge in [-0.2, -0.15) is 0 Å². The lowest BCUT2D eigenvalue weighted by Crippen LogP contribution is -2.54. The number of methoxy groups -OCH3 is 1. The van der Waals surface area contributed by atoms with Gasteiger partial charge in [0.2, 0.25) is 5.91 Å². The molecule has 1 aromatic rings. The summed E-state index contributed by atoms with van der Waals surface area (Å²) in [5.74, 6) is -2.24. The number of aromatic hydroxyl groups is 1. The topological polar surface area (TPSA) is 139 Å². The molecule has 8 heteroatoms. The number of phenolic OH excluding ortho intramolecular Hbond substituents is 1. The summed E-state index contributed by atoms with van der Waals surface area (Å²) in [5.41, 5.74) is 4.75. The molecule has 1 unspecified atom stereocenters. The summed E-state index contributed by atoms with van der Waals surface area (Å²) in [6.45, 7) is 1.51. The fourth-order valence-electron chi connectivity index (χ4n) is 2.19. The fourth-order valence-corrected chi connectivity index (χ4v) is 2.19. The van der Waals surface area contributed by atoms with Crippen LogP contribution in [0.15, 0.2) is 24.3 Å². The molecule has 0 aromatic heterocycles. The number of ether oxygens (including phenoxy) is 1. The smallest absolute Gasteiger partial charge is 0.331 e. The van der Waals surface area contributed by atoms with Crippen molar-refractivity contribution in [3.8, 4) is 5.75 Å². The molecule has 0 saturated carbocycles. The second-order valence-electron chi connectivity index (χ2n) is 5.70. The lowest BCUT2D eigenvalue weighted by atomic mass is 9.92. The molecule has 0 aliphatic heterocycles. The molecule has 2 atom stereocenters. The van der Waals surface area contributed by atoms with Gasteiger partial charge in [0.05, 0.1) is 7.11 Å². The summed E-state index contributed by atoms with van der Waals surface area (Å²) < 4.78 is 4.75. The summed E-state index contributed by atoms with van der Waals surface area (Å²) >= 11 is 0. The number of carboxylic acid groups (broad SMARTS) is 1. The third kappa shape index (κ3) is 5.54. The monoisotopic (exact) mass is 338 g/mol. The van der Waals surface area contributed by atoms with Crippen molar-refractivity contribution >= 4 is 17.8 Å². The molecule has 132 valence electrons. The summed E-state index contributed by atoms with van der Waals surface area (Å²) in [7, 11) is 1.21. The SMILES string of the molecule is COC(=O)[C@@](C)(Cc1ccc(O)cc1)NC(=O)CCC(N)C(=O)O. The zero-order valence-corrected chi connectivity index (χ0v) is 13.6. The number of nitrogens with one attached hydrogen (secondary N) is 1. The van der Waals surface area contributed by atoms with Crippen molar-refractivity contribution in [2.75, 3.05) is 7.11 Å². The minimum atomic E-state index is -1.32. The number of rotatable bonds is 8. The number of carbonyl (C=O) groups is 3. The maximum atomic E-state index is 12.1. The Morgan fingerprint density at radius 1 is 1.29 bits per heavy atom. The Hall–Kier alpha value is -2.61. The van der Waals surface area contributed by atoms with E-state index >= 15 is 0 Å². The summed E-state index contributed by atoms with van der Waals surface area (Å²) in [6.07, 6.45) is -0.0239. The van der Waals surface area contributed by atoms with Crippen molar-refractivity contribution in [1.82, 2.24) is 5.32 Å². The molecule has 1 rings (SSSR count). The first-order chi connectivity index (χ1) is 11.2. The number of amides is 1. The number of carbonyl (C=O) groups excluding carboxylic acids is 2. The predicted molar refractivity (Wildman–Crippen MR) is 85.2 cm³/mol. The first kappa shape index (κ1) is 19.4. The number of phenols is 1. The Bertz CT molecular complexity index is 601. The van der Waals surface area contributed by atoms with Crippen LogP contribution in [-0.4, -0.2) is 46.7 Å². The molecule has 0 radical (unpaired) electrons. The average Bonchev–Trinajstić information content (AvgIpc) is 2.53. The zero-order chi connectivity index (χ0) is 18.3. The van der Waals surface area contributed by atoms with Gasteiger partial charge in [0.1, 0.15) is 17.3 Å². The maximum absolute atomic E-state index is 12.1. The minimum Gasteiger partial charge on any atom is -0.508 e. The Balaban J connectivity index is 2.80. The van der Waals surface area contributed by atoms with Crippen LogP contribution in [0.5, 0.6) is 5.75 Å². The van der Waals surface area contributed by atoms with Gasteiger partial charge < -0.3 is 26.0 Å². The lowest BCUT2D eigenvalue weighted by Gasteiger charge is -2.28. The van der Waals surface area contributed by atoms with Crippen molar-refractivity contribution in [2.24, 2.45) is 5.73 Å². The van der Waals surface area contributed by atoms with E-state index in [9.17, 15) is 19.5 Å². The van der Waals surface area contributed by atoms with Crippen LogP contribution in [-0.2, 0) is 25.5 Å². The van der Waals surface area contributed by atoms with Crippen LogP contribution in [0.1, 0.15) is 25.3 Å². The van der Waals surface area contributed by atoms with Crippen molar-refractivity contribution in [1.29, 1.82) is 0 Å². The quantitative estimate of drug-likeness (QED) is 0.496. The Labute approximate surface area is 139 Å². The van der Waals surface area contributed by atoms with E-state index in [0.29, 0.717) is 5.56 Å². The molecule has 0 fully saturated rings. The van der Waals surface area contributed by atoms with Gasteiger partial charge >= 0.3 is 11.9 Å². The highest BCUT2D eigenvalue weighted by Crippen LogP contribution is 2.18. The normalized spacial score (nSPS) is 14.3. The Morgan fingerprint density at radius 2 is 1.88 bits per heavy atom. The number of carboxylic acids is 1. The van der Waals surface area contributed by atoms with Crippen molar-refractivity contribution in [3.63, 3.8) is 0 Å². The molecule has 1 amide bonds. The van der Waals surface area contributed by atoms with E-state index < -0.39 is 29.4 Å². The number of hydrogen-bond donors (Lipinski definition) is 4. The molecule has 0 spiro atoms. The molecular weight excluding hydrogens is 316 g/mol. The average molecular weight is 338 g/mol. The summed E-state index contributed by atoms with van der Waals surface area (Å²) in [6, 6.07) is 5.06. The first-order valence-electron chi connectivity index (χ1n) is 7.33. The number of esters is 1. The highest BCUT2D eigenvalue weighted by Gasteiger charge is 2.36. The molecular formula is C16H22N2O6. The second kappa shape index (κ2) is 8.30. The highest BCUT2D eigenvalue weighted by atomic mass is 16.5. The van der Waals surface area contributed by atoms with Gasteiger partial charge in [-0.25, -0.2) is 4.79 Å². The van der Waals surface area contributed by atoms with Crippen LogP contribution in [0.3, 0.4) is 0 Å². The zero-order valence-electron chi connectivity index (χ0n) is 13.6. The summed E-state index contributed by atoms with van der Waals surface area (Å²) in [4.78, 5) is 34.8. The van der Waals surface area contributed by atoms with Crippen LogP contribution in [0.2, 0.25) is 0 Å². The van der Waals surface area contributed by atoms with Crippen molar-refractivity contribution in [3.05, 3.63) is 29.8 Å². The number of aliphatic carboxylic acids is 1. The maximum Gasteiger partial charge on any atom is 0.331 e. The van der Waals surface area contributed by atoms with Gasteiger partial charge in [0.15, 0.2) is 0 Å². The van der Waals surface area contributed by atoms with E-state index in [2.05, 4.69) is 5.32 Å². The van der Waals surface area contributed by atoms with Crippen LogP contribution in [0, 0.1) is 0 Å². The lowest BCUT2D eigenvalue weighted by molar-refractivity contribution is -0.150. The number of nitrogens with two attached hydrogens (primary N) is 1. The Kier molecular flexibility index (Phi) is 6.72. The van der Waals surface area contributed by atoms with E-state index in [-0.39, 0.29) is 25.0 Å². The summed E-state index contributed by atoms with van der Waals surface area (Å²) in [5, 5.41) is 20.6. The third-order valence-electron chi connectivity index (χ3n) is 3.54. The van der Waals surface area contributed by atoms with Crippen LogP contribution in [0.25, 0.3) is 0 Å². The highest BCUT2D eigenvalue weighted by molar-refractivity contribution is 5.88. The van der Waals surface area contributed by atoms with E-state index in [4.69, 9.17) is 15.6 Å². The van der Waals surface area contributed by atoms with Crippen LogP contribution < -0.4 is 11.1 Å². The van der Waals surface area contributed by atoms with E-state index in [1.54, 1.807) is 12.1 Å². The van der Waals surface area contributed by atoms with Gasteiger partial charge in [0, 0.05) is 12.8 Å². The largest absolute Gasteiger partial charge is 0.508 e. The molecule has 8 nitrogen and oxygen atoms in total.